The summed E-state index contributed by atoms with van der Waals surface area (Å²) >= 11 is 0. The van der Waals surface area contributed by atoms with Gasteiger partial charge in [-0.2, -0.15) is 0 Å². The van der Waals surface area contributed by atoms with E-state index in [1.807, 2.05) is 30.3 Å². The van der Waals surface area contributed by atoms with Gasteiger partial charge in [-0.05, 0) is 61.1 Å². The van der Waals surface area contributed by atoms with Gasteiger partial charge < -0.3 is 14.8 Å². The highest BCUT2D eigenvalue weighted by Gasteiger charge is 2.15. The largest absolute Gasteiger partial charge is 0.486 e. The smallest absolute Gasteiger partial charge is 0.255 e. The number of hydrogen-bond donors (Lipinski definition) is 1. The third-order valence-corrected chi connectivity index (χ3v) is 4.41. The molecule has 0 unspecified atom stereocenters. The molecule has 0 saturated carbocycles. The average molecular weight is 309 g/mol. The number of fused-ring (bicyclic) bond motifs is 2. The number of ether oxygens (including phenoxy) is 2. The molecular formula is C19H19NO3. The van der Waals surface area contributed by atoms with E-state index in [0.717, 1.165) is 24.3 Å². The summed E-state index contributed by atoms with van der Waals surface area (Å²) in [6.07, 6.45) is 4.65. The highest BCUT2D eigenvalue weighted by atomic mass is 16.6. The third kappa shape index (κ3) is 2.89. The molecule has 0 atom stereocenters. The Balaban J connectivity index is 1.53. The van der Waals surface area contributed by atoms with E-state index in [1.54, 1.807) is 0 Å². The number of anilines is 1. The zero-order valence-corrected chi connectivity index (χ0v) is 12.9. The monoisotopic (exact) mass is 309 g/mol. The molecule has 1 aliphatic heterocycles. The molecule has 0 spiro atoms. The van der Waals surface area contributed by atoms with Crippen molar-refractivity contribution < 1.29 is 14.3 Å². The number of nitrogens with one attached hydrogen (secondary N) is 1. The summed E-state index contributed by atoms with van der Waals surface area (Å²) < 4.78 is 11.0. The van der Waals surface area contributed by atoms with Crippen LogP contribution in [0.2, 0.25) is 0 Å². The molecule has 0 aromatic heterocycles. The maximum Gasteiger partial charge on any atom is 0.255 e. The van der Waals surface area contributed by atoms with Crippen LogP contribution in [0, 0.1) is 0 Å². The minimum atomic E-state index is -0.0879. The lowest BCUT2D eigenvalue weighted by Crippen LogP contribution is -2.16. The second-order valence-corrected chi connectivity index (χ2v) is 6.00. The zero-order chi connectivity index (χ0) is 15.6. The fraction of sp³-hybridized carbons (Fsp3) is 0.316. The fourth-order valence-corrected chi connectivity index (χ4v) is 3.20. The lowest BCUT2D eigenvalue weighted by Gasteiger charge is -2.19. The molecule has 23 heavy (non-hydrogen) atoms. The maximum absolute atomic E-state index is 12.5. The van der Waals surface area contributed by atoms with Crippen LogP contribution in [0.1, 0.15) is 34.3 Å². The Labute approximate surface area is 135 Å². The summed E-state index contributed by atoms with van der Waals surface area (Å²) in [5.74, 6) is 1.32. The van der Waals surface area contributed by atoms with E-state index < -0.39 is 0 Å². The number of hydrogen-bond acceptors (Lipinski definition) is 3. The Morgan fingerprint density at radius 2 is 1.65 bits per heavy atom. The lowest BCUT2D eigenvalue weighted by atomic mass is 9.90. The van der Waals surface area contributed by atoms with Crippen LogP contribution in [0.3, 0.4) is 0 Å². The summed E-state index contributed by atoms with van der Waals surface area (Å²) in [5, 5.41) is 2.94. The predicted molar refractivity (Wildman–Crippen MR) is 88.5 cm³/mol. The van der Waals surface area contributed by atoms with Crippen molar-refractivity contribution in [2.24, 2.45) is 0 Å². The molecule has 4 heteroatoms. The summed E-state index contributed by atoms with van der Waals surface area (Å²) in [4.78, 5) is 12.5. The molecule has 118 valence electrons. The zero-order valence-electron chi connectivity index (χ0n) is 12.9. The van der Waals surface area contributed by atoms with Gasteiger partial charge in [0.25, 0.3) is 5.91 Å². The van der Waals surface area contributed by atoms with Crippen molar-refractivity contribution in [1.29, 1.82) is 0 Å². The van der Waals surface area contributed by atoms with Gasteiger partial charge in [0.05, 0.1) is 0 Å². The molecule has 4 nitrogen and oxygen atoms in total. The first-order valence-electron chi connectivity index (χ1n) is 8.12. The second kappa shape index (κ2) is 5.95. The van der Waals surface area contributed by atoms with Crippen molar-refractivity contribution in [2.45, 2.75) is 25.7 Å². The molecule has 2 aromatic carbocycles. The van der Waals surface area contributed by atoms with Crippen molar-refractivity contribution in [3.05, 3.63) is 53.1 Å². The summed E-state index contributed by atoms with van der Waals surface area (Å²) in [6.45, 7) is 1.10. The van der Waals surface area contributed by atoms with Crippen LogP contribution < -0.4 is 14.8 Å². The van der Waals surface area contributed by atoms with E-state index in [0.29, 0.717) is 24.5 Å². The normalized spacial score (nSPS) is 15.7. The molecule has 0 fully saturated rings. The first-order valence-corrected chi connectivity index (χ1v) is 8.12. The van der Waals surface area contributed by atoms with Crippen molar-refractivity contribution in [2.75, 3.05) is 18.5 Å². The van der Waals surface area contributed by atoms with Crippen LogP contribution in [0.5, 0.6) is 11.5 Å². The van der Waals surface area contributed by atoms with E-state index in [4.69, 9.17) is 9.47 Å². The van der Waals surface area contributed by atoms with Crippen LogP contribution in [0.4, 0.5) is 5.69 Å². The molecule has 1 heterocycles. The molecule has 1 amide bonds. The van der Waals surface area contributed by atoms with Gasteiger partial charge in [-0.15, -0.1) is 0 Å². The van der Waals surface area contributed by atoms with E-state index in [1.165, 1.54) is 24.0 Å². The van der Waals surface area contributed by atoms with Gasteiger partial charge in [0.2, 0.25) is 0 Å². The summed E-state index contributed by atoms with van der Waals surface area (Å²) in [6, 6.07) is 11.5. The highest BCUT2D eigenvalue weighted by Crippen LogP contribution is 2.32. The van der Waals surface area contributed by atoms with Gasteiger partial charge in [-0.1, -0.05) is 6.07 Å². The minimum absolute atomic E-state index is 0.0879. The first kappa shape index (κ1) is 14.1. The fourth-order valence-electron chi connectivity index (χ4n) is 3.20. The Morgan fingerprint density at radius 3 is 2.52 bits per heavy atom. The van der Waals surface area contributed by atoms with Crippen LogP contribution in [0.15, 0.2) is 36.4 Å². The molecule has 1 aliphatic carbocycles. The predicted octanol–water partition coefficient (Wildman–Crippen LogP) is 3.59. The Bertz CT molecular complexity index is 754. The maximum atomic E-state index is 12.5. The van der Waals surface area contributed by atoms with Crippen molar-refractivity contribution >= 4 is 11.6 Å². The number of aryl methyl sites for hydroxylation is 2. The molecule has 2 aromatic rings. The molecule has 0 radical (unpaired) electrons. The van der Waals surface area contributed by atoms with Crippen LogP contribution >= 0.6 is 0 Å². The highest BCUT2D eigenvalue weighted by molar-refractivity contribution is 6.04. The van der Waals surface area contributed by atoms with Crippen LogP contribution in [-0.2, 0) is 12.8 Å². The van der Waals surface area contributed by atoms with E-state index in [9.17, 15) is 4.79 Å². The minimum Gasteiger partial charge on any atom is -0.486 e. The number of rotatable bonds is 2. The standard InChI is InChI=1S/C19H19NO3/c21-19(15-6-5-13-3-1-2-4-14(13)11-15)20-16-7-8-17-18(12-16)23-10-9-22-17/h5-8,11-12H,1-4,9-10H2,(H,20,21). The number of benzene rings is 2. The molecule has 0 bridgehead atoms. The van der Waals surface area contributed by atoms with Gasteiger partial charge in [0.1, 0.15) is 13.2 Å². The van der Waals surface area contributed by atoms with Crippen molar-refractivity contribution in [3.8, 4) is 11.5 Å². The molecule has 2 aliphatic rings. The van der Waals surface area contributed by atoms with Gasteiger partial charge in [-0.25, -0.2) is 0 Å². The summed E-state index contributed by atoms with van der Waals surface area (Å²) in [7, 11) is 0. The van der Waals surface area contributed by atoms with Gasteiger partial charge in [0.15, 0.2) is 11.5 Å². The molecule has 4 rings (SSSR count). The third-order valence-electron chi connectivity index (χ3n) is 4.41. The molecule has 1 N–H and O–H groups in total. The van der Waals surface area contributed by atoms with E-state index in [2.05, 4.69) is 11.4 Å². The van der Waals surface area contributed by atoms with Gasteiger partial charge in [0, 0.05) is 17.3 Å². The Kier molecular flexibility index (Phi) is 3.66. The average Bonchev–Trinajstić information content (AvgIpc) is 2.61. The summed E-state index contributed by atoms with van der Waals surface area (Å²) in [5.41, 5.74) is 4.12. The number of carbonyl (C=O) groups excluding carboxylic acids is 1. The van der Waals surface area contributed by atoms with E-state index >= 15 is 0 Å². The van der Waals surface area contributed by atoms with Crippen LogP contribution in [-0.4, -0.2) is 19.1 Å². The number of carbonyl (C=O) groups is 1. The topological polar surface area (TPSA) is 47.6 Å². The number of amides is 1. The second-order valence-electron chi connectivity index (χ2n) is 6.00. The SMILES string of the molecule is O=C(Nc1ccc2c(c1)OCCO2)c1ccc2c(c1)CCCC2. The van der Waals surface area contributed by atoms with Gasteiger partial charge in [-0.3, -0.25) is 4.79 Å². The van der Waals surface area contributed by atoms with Crippen molar-refractivity contribution in [3.63, 3.8) is 0 Å². The van der Waals surface area contributed by atoms with Crippen LogP contribution in [0.25, 0.3) is 0 Å². The molecular weight excluding hydrogens is 290 g/mol. The lowest BCUT2D eigenvalue weighted by molar-refractivity contribution is 0.102. The quantitative estimate of drug-likeness (QED) is 0.922. The Hall–Kier alpha value is -2.49. The van der Waals surface area contributed by atoms with Gasteiger partial charge >= 0.3 is 0 Å². The van der Waals surface area contributed by atoms with Crippen molar-refractivity contribution in [1.82, 2.24) is 0 Å². The molecule has 0 saturated heterocycles. The first-order chi connectivity index (χ1) is 11.3. The Morgan fingerprint density at radius 1 is 0.870 bits per heavy atom. The van der Waals surface area contributed by atoms with E-state index in [-0.39, 0.29) is 5.91 Å².